The number of likely N-dealkylation sites (N-methyl/N-ethyl adjacent to an activating group) is 1. The summed E-state index contributed by atoms with van der Waals surface area (Å²) in [5.41, 5.74) is 0. The van der Waals surface area contributed by atoms with Crippen LogP contribution in [0.2, 0.25) is 0 Å². The molecule has 2 heterocycles. The maximum absolute atomic E-state index is 12.4. The van der Waals surface area contributed by atoms with Gasteiger partial charge in [0.2, 0.25) is 5.91 Å². The molecule has 0 aromatic heterocycles. The van der Waals surface area contributed by atoms with E-state index in [1.54, 1.807) is 0 Å². The summed E-state index contributed by atoms with van der Waals surface area (Å²) >= 11 is 0. The second-order valence-corrected chi connectivity index (χ2v) is 9.35. The molecule has 0 N–H and O–H groups in total. The van der Waals surface area contributed by atoms with Crippen molar-refractivity contribution in [1.82, 2.24) is 9.80 Å². The van der Waals surface area contributed by atoms with Crippen LogP contribution < -0.4 is 0 Å². The summed E-state index contributed by atoms with van der Waals surface area (Å²) in [6, 6.07) is 0.220. The zero-order valence-corrected chi connectivity index (χ0v) is 14.2. The lowest BCUT2D eigenvalue weighted by atomic mass is 9.92. The Morgan fingerprint density at radius 2 is 1.67 bits per heavy atom. The summed E-state index contributed by atoms with van der Waals surface area (Å²) in [4.78, 5) is 16.5. The molecule has 2 rings (SSSR count). The molecule has 5 nitrogen and oxygen atoms in total. The van der Waals surface area contributed by atoms with Crippen LogP contribution in [0.3, 0.4) is 0 Å². The molecular formula is C15H28N2O3S. The minimum Gasteiger partial charge on any atom is -0.341 e. The third-order valence-electron chi connectivity index (χ3n) is 4.75. The summed E-state index contributed by atoms with van der Waals surface area (Å²) in [7, 11) is -0.893. The number of piperidine rings is 1. The van der Waals surface area contributed by atoms with Crippen molar-refractivity contribution in [2.45, 2.75) is 39.2 Å². The second-order valence-electron chi connectivity index (χ2n) is 7.04. The molecule has 2 aliphatic heterocycles. The molecule has 2 fully saturated rings. The number of nitrogens with zero attached hydrogens (tertiary/aromatic N) is 2. The summed E-state index contributed by atoms with van der Waals surface area (Å²) < 4.78 is 22.9. The molecule has 0 spiro atoms. The van der Waals surface area contributed by atoms with Crippen LogP contribution in [-0.2, 0) is 14.6 Å². The van der Waals surface area contributed by atoms with Crippen molar-refractivity contribution < 1.29 is 13.2 Å². The van der Waals surface area contributed by atoms with Gasteiger partial charge in [-0.15, -0.1) is 0 Å². The van der Waals surface area contributed by atoms with E-state index < -0.39 is 9.84 Å². The van der Waals surface area contributed by atoms with Crippen LogP contribution in [-0.4, -0.2) is 68.4 Å². The third kappa shape index (κ3) is 4.68. The Bertz CT molecular complexity index is 453. The van der Waals surface area contributed by atoms with Gasteiger partial charge < -0.3 is 4.90 Å². The Hall–Kier alpha value is -0.620. The van der Waals surface area contributed by atoms with Gasteiger partial charge >= 0.3 is 0 Å². The highest BCUT2D eigenvalue weighted by Crippen LogP contribution is 2.22. The van der Waals surface area contributed by atoms with Gasteiger partial charge in [-0.25, -0.2) is 8.42 Å². The maximum atomic E-state index is 12.4. The van der Waals surface area contributed by atoms with Gasteiger partial charge in [0, 0.05) is 19.1 Å². The molecule has 2 atom stereocenters. The zero-order chi connectivity index (χ0) is 15.6. The van der Waals surface area contributed by atoms with Gasteiger partial charge in [0.15, 0.2) is 0 Å². The molecule has 0 unspecified atom stereocenters. The minimum absolute atomic E-state index is 0.185. The Kier molecular flexibility index (Phi) is 5.30. The van der Waals surface area contributed by atoms with Crippen LogP contribution in [0.5, 0.6) is 0 Å². The summed E-state index contributed by atoms with van der Waals surface area (Å²) in [6.07, 6.45) is 2.50. The number of likely N-dealkylation sites (tertiary alicyclic amines) is 1. The van der Waals surface area contributed by atoms with E-state index in [1.165, 1.54) is 6.42 Å². The first-order chi connectivity index (χ1) is 9.77. The predicted octanol–water partition coefficient (Wildman–Crippen LogP) is 1.000. The fourth-order valence-electron chi connectivity index (χ4n) is 3.63. The topological polar surface area (TPSA) is 57.7 Å². The van der Waals surface area contributed by atoms with Crippen LogP contribution in [0, 0.1) is 11.8 Å². The van der Waals surface area contributed by atoms with Crippen LogP contribution in [0.1, 0.15) is 33.1 Å². The number of carbonyl (C=O) groups excluding carboxylic acids is 1. The van der Waals surface area contributed by atoms with Gasteiger partial charge in [-0.05, 0) is 38.1 Å². The van der Waals surface area contributed by atoms with Gasteiger partial charge in [0.25, 0.3) is 0 Å². The maximum Gasteiger partial charge on any atom is 0.236 e. The van der Waals surface area contributed by atoms with E-state index in [9.17, 15) is 13.2 Å². The SMILES string of the molecule is C[C@@H]1C[C@@H](C)CN(C(=O)CN(C)C2CCS(=O)(=O)CC2)C1. The molecule has 0 aliphatic carbocycles. The molecule has 2 aliphatic rings. The lowest BCUT2D eigenvalue weighted by Crippen LogP contribution is -2.49. The molecule has 1 amide bonds. The standard InChI is InChI=1S/C15H28N2O3S/c1-12-8-13(2)10-17(9-12)15(18)11-16(3)14-4-6-21(19,20)7-5-14/h12-14H,4-11H2,1-3H3/t12-,13-/m1/s1. The van der Waals surface area contributed by atoms with Gasteiger partial charge in [-0.2, -0.15) is 0 Å². The number of hydrogen-bond acceptors (Lipinski definition) is 4. The first-order valence-corrected chi connectivity index (χ1v) is 9.77. The van der Waals surface area contributed by atoms with E-state index in [2.05, 4.69) is 13.8 Å². The molecule has 0 aromatic rings. The molecule has 6 heteroatoms. The highest BCUT2D eigenvalue weighted by Gasteiger charge is 2.30. The Morgan fingerprint density at radius 3 is 2.19 bits per heavy atom. The molecule has 122 valence electrons. The minimum atomic E-state index is -2.83. The van der Waals surface area contributed by atoms with Crippen LogP contribution in [0.25, 0.3) is 0 Å². The molecule has 0 bridgehead atoms. The van der Waals surface area contributed by atoms with Crippen LogP contribution in [0.4, 0.5) is 0 Å². The van der Waals surface area contributed by atoms with Gasteiger partial charge in [0.05, 0.1) is 18.1 Å². The van der Waals surface area contributed by atoms with Gasteiger partial charge in [-0.1, -0.05) is 13.8 Å². The van der Waals surface area contributed by atoms with Gasteiger partial charge in [0.1, 0.15) is 9.84 Å². The summed E-state index contributed by atoms with van der Waals surface area (Å²) in [6.45, 7) is 6.52. The highest BCUT2D eigenvalue weighted by molar-refractivity contribution is 7.91. The number of sulfone groups is 1. The van der Waals surface area contributed by atoms with E-state index in [0.29, 0.717) is 31.2 Å². The van der Waals surface area contributed by atoms with E-state index in [0.717, 1.165) is 13.1 Å². The predicted molar refractivity (Wildman–Crippen MR) is 83.8 cm³/mol. The smallest absolute Gasteiger partial charge is 0.236 e. The molecule has 2 saturated heterocycles. The van der Waals surface area contributed by atoms with E-state index >= 15 is 0 Å². The van der Waals surface area contributed by atoms with Crippen molar-refractivity contribution in [3.8, 4) is 0 Å². The normalized spacial score (nSPS) is 30.6. The number of hydrogen-bond donors (Lipinski definition) is 0. The lowest BCUT2D eigenvalue weighted by Gasteiger charge is -2.37. The van der Waals surface area contributed by atoms with Crippen LogP contribution >= 0.6 is 0 Å². The number of rotatable bonds is 3. The Balaban J connectivity index is 1.84. The van der Waals surface area contributed by atoms with Crippen molar-refractivity contribution >= 4 is 15.7 Å². The first-order valence-electron chi connectivity index (χ1n) is 7.95. The highest BCUT2D eigenvalue weighted by atomic mass is 32.2. The summed E-state index contributed by atoms with van der Waals surface area (Å²) in [5, 5.41) is 0. The van der Waals surface area contributed by atoms with Crippen molar-refractivity contribution in [3.63, 3.8) is 0 Å². The van der Waals surface area contributed by atoms with E-state index in [1.807, 2.05) is 16.8 Å². The average molecular weight is 316 g/mol. The fraction of sp³-hybridized carbons (Fsp3) is 0.933. The number of amides is 1. The van der Waals surface area contributed by atoms with Crippen molar-refractivity contribution in [1.29, 1.82) is 0 Å². The third-order valence-corrected chi connectivity index (χ3v) is 6.47. The monoisotopic (exact) mass is 316 g/mol. The Labute approximate surface area is 128 Å². The largest absolute Gasteiger partial charge is 0.341 e. The average Bonchev–Trinajstić information content (AvgIpc) is 2.37. The van der Waals surface area contributed by atoms with Crippen molar-refractivity contribution in [3.05, 3.63) is 0 Å². The van der Waals surface area contributed by atoms with Crippen molar-refractivity contribution in [2.24, 2.45) is 11.8 Å². The number of carbonyl (C=O) groups is 1. The summed E-state index contributed by atoms with van der Waals surface area (Å²) in [5.74, 6) is 1.84. The Morgan fingerprint density at radius 1 is 1.14 bits per heavy atom. The molecule has 0 radical (unpaired) electrons. The fourth-order valence-corrected chi connectivity index (χ4v) is 5.09. The first kappa shape index (κ1) is 16.7. The van der Waals surface area contributed by atoms with Crippen molar-refractivity contribution in [2.75, 3.05) is 38.2 Å². The molecular weight excluding hydrogens is 288 g/mol. The van der Waals surface area contributed by atoms with E-state index in [4.69, 9.17) is 0 Å². The molecule has 0 saturated carbocycles. The quantitative estimate of drug-likeness (QED) is 0.779. The van der Waals surface area contributed by atoms with Crippen LogP contribution in [0.15, 0.2) is 0 Å². The second kappa shape index (κ2) is 6.65. The lowest BCUT2D eigenvalue weighted by molar-refractivity contribution is -0.135. The van der Waals surface area contributed by atoms with E-state index in [-0.39, 0.29) is 23.5 Å². The van der Waals surface area contributed by atoms with Gasteiger partial charge in [-0.3, -0.25) is 9.69 Å². The molecule has 0 aromatic carbocycles. The molecule has 21 heavy (non-hydrogen) atoms. The zero-order valence-electron chi connectivity index (χ0n) is 13.4.